The third-order valence-electron chi connectivity index (χ3n) is 1.77. The Labute approximate surface area is 95.7 Å². The first kappa shape index (κ1) is 11.0. The number of aromatic nitrogens is 3. The Bertz CT molecular complexity index is 621. The van der Waals surface area contributed by atoms with Crippen molar-refractivity contribution in [3.05, 3.63) is 29.6 Å². The number of sulfone groups is 1. The lowest BCUT2D eigenvalue weighted by Crippen LogP contribution is -2.27. The molecule has 0 bridgehead atoms. The minimum Gasteiger partial charge on any atom is -0.618 e. The first-order chi connectivity index (χ1) is 7.48. The van der Waals surface area contributed by atoms with Crippen LogP contribution in [0, 0.1) is 5.21 Å². The zero-order valence-electron chi connectivity index (χ0n) is 8.19. The molecule has 0 aliphatic rings. The minimum atomic E-state index is -3.37. The molecular weight excluding hydrogens is 250 g/mol. The molecule has 0 radical (unpaired) electrons. The Kier molecular flexibility index (Phi) is 2.60. The van der Waals surface area contributed by atoms with Crippen LogP contribution < -0.4 is 4.73 Å². The smallest absolute Gasteiger partial charge is 0.254 e. The van der Waals surface area contributed by atoms with Crippen LogP contribution >= 0.6 is 11.3 Å². The fourth-order valence-corrected chi connectivity index (χ4v) is 2.68. The molecule has 0 aromatic carbocycles. The van der Waals surface area contributed by atoms with Gasteiger partial charge in [-0.25, -0.2) is 8.42 Å². The molecule has 0 spiro atoms. The fourth-order valence-electron chi connectivity index (χ4n) is 1.06. The van der Waals surface area contributed by atoms with E-state index in [-0.39, 0.29) is 15.0 Å². The van der Waals surface area contributed by atoms with Gasteiger partial charge in [0, 0.05) is 18.4 Å². The van der Waals surface area contributed by atoms with Gasteiger partial charge in [-0.3, -0.25) is 0 Å². The van der Waals surface area contributed by atoms with Gasteiger partial charge >= 0.3 is 0 Å². The van der Waals surface area contributed by atoms with Crippen LogP contribution in [0.4, 0.5) is 0 Å². The van der Waals surface area contributed by atoms with Crippen molar-refractivity contribution >= 4 is 21.2 Å². The summed E-state index contributed by atoms with van der Waals surface area (Å²) in [6.45, 7) is 0. The summed E-state index contributed by atoms with van der Waals surface area (Å²) < 4.78 is 22.9. The van der Waals surface area contributed by atoms with Crippen LogP contribution in [0.25, 0.3) is 10.7 Å². The third kappa shape index (κ3) is 2.02. The maximum absolute atomic E-state index is 11.4. The maximum atomic E-state index is 11.4. The molecule has 84 valence electrons. The lowest BCUT2D eigenvalue weighted by atomic mass is 10.4. The summed E-state index contributed by atoms with van der Waals surface area (Å²) in [4.78, 5) is 0. The summed E-state index contributed by atoms with van der Waals surface area (Å²) in [5.41, 5.74) is 0.287. The quantitative estimate of drug-likeness (QED) is 0.568. The van der Waals surface area contributed by atoms with Crippen molar-refractivity contribution in [3.63, 3.8) is 0 Å². The van der Waals surface area contributed by atoms with E-state index in [1.807, 2.05) is 0 Å². The van der Waals surface area contributed by atoms with Gasteiger partial charge in [-0.05, 0) is 6.07 Å². The van der Waals surface area contributed by atoms with Crippen molar-refractivity contribution in [1.82, 2.24) is 10.2 Å². The van der Waals surface area contributed by atoms with Crippen molar-refractivity contribution in [2.24, 2.45) is 0 Å². The summed E-state index contributed by atoms with van der Waals surface area (Å²) in [6.07, 6.45) is 2.37. The van der Waals surface area contributed by atoms with Crippen molar-refractivity contribution in [1.29, 1.82) is 0 Å². The normalized spacial score (nSPS) is 11.6. The van der Waals surface area contributed by atoms with E-state index in [2.05, 4.69) is 10.2 Å². The summed E-state index contributed by atoms with van der Waals surface area (Å²) in [5.74, 6) is 0. The minimum absolute atomic E-state index is 0.0913. The average molecular weight is 257 g/mol. The van der Waals surface area contributed by atoms with Crippen LogP contribution in [-0.2, 0) is 9.84 Å². The molecule has 0 saturated carbocycles. The second-order valence-corrected chi connectivity index (χ2v) is 6.22. The molecule has 0 atom stereocenters. The summed E-state index contributed by atoms with van der Waals surface area (Å²) >= 11 is 0.876. The van der Waals surface area contributed by atoms with Crippen LogP contribution in [0.5, 0.6) is 0 Å². The second kappa shape index (κ2) is 3.80. The Balaban J connectivity index is 2.52. The molecule has 0 aliphatic heterocycles. The van der Waals surface area contributed by atoms with E-state index >= 15 is 0 Å². The third-order valence-corrected chi connectivity index (χ3v) is 4.38. The lowest BCUT2D eigenvalue weighted by molar-refractivity contribution is -0.593. The van der Waals surface area contributed by atoms with Gasteiger partial charge in [-0.2, -0.15) is 4.73 Å². The predicted molar refractivity (Wildman–Crippen MR) is 57.4 cm³/mol. The number of hydrogen-bond acceptors (Lipinski definition) is 6. The van der Waals surface area contributed by atoms with Gasteiger partial charge < -0.3 is 5.21 Å². The highest BCUT2D eigenvalue weighted by Gasteiger charge is 2.19. The molecule has 8 heteroatoms. The Morgan fingerprint density at radius 2 is 2.12 bits per heavy atom. The molecule has 2 aromatic heterocycles. The van der Waals surface area contributed by atoms with Crippen molar-refractivity contribution < 1.29 is 13.1 Å². The number of pyridine rings is 1. The van der Waals surface area contributed by atoms with E-state index in [1.54, 1.807) is 18.2 Å². The molecule has 2 heterocycles. The summed E-state index contributed by atoms with van der Waals surface area (Å²) in [6, 6.07) is 4.81. The van der Waals surface area contributed by atoms with Gasteiger partial charge in [0.15, 0.2) is 6.20 Å². The topological polar surface area (TPSA) is 86.9 Å². The molecular formula is C8H7N3O3S2. The lowest BCUT2D eigenvalue weighted by Gasteiger charge is -1.98. The van der Waals surface area contributed by atoms with E-state index in [9.17, 15) is 13.6 Å². The average Bonchev–Trinajstić information content (AvgIpc) is 2.66. The van der Waals surface area contributed by atoms with E-state index in [1.165, 1.54) is 6.20 Å². The molecule has 6 nitrogen and oxygen atoms in total. The van der Waals surface area contributed by atoms with Gasteiger partial charge in [0.25, 0.3) is 5.69 Å². The monoisotopic (exact) mass is 257 g/mol. The van der Waals surface area contributed by atoms with E-state index < -0.39 is 9.84 Å². The van der Waals surface area contributed by atoms with Gasteiger partial charge in [-0.1, -0.05) is 11.3 Å². The molecule has 0 saturated heterocycles. The molecule has 2 aromatic rings. The molecule has 0 N–H and O–H groups in total. The summed E-state index contributed by atoms with van der Waals surface area (Å²) in [7, 11) is -3.37. The second-order valence-electron chi connectivity index (χ2n) is 3.06. The zero-order valence-corrected chi connectivity index (χ0v) is 9.83. The Hall–Kier alpha value is -1.54. The standard InChI is InChI=1S/C8H7N3O3S2/c1-16(13,14)8-10-9-7(15-8)6-4-2-3-5-11(6)12/h2-5H,1H3. The molecule has 0 unspecified atom stereocenters. The Morgan fingerprint density at radius 3 is 2.69 bits per heavy atom. The van der Waals surface area contributed by atoms with Crippen LogP contribution in [-0.4, -0.2) is 24.9 Å². The van der Waals surface area contributed by atoms with E-state index in [0.717, 1.165) is 17.6 Å². The molecule has 2 rings (SSSR count). The van der Waals surface area contributed by atoms with Crippen molar-refractivity contribution in [2.75, 3.05) is 6.26 Å². The maximum Gasteiger partial charge on any atom is 0.254 e. The van der Waals surface area contributed by atoms with E-state index in [0.29, 0.717) is 4.73 Å². The first-order valence-corrected chi connectivity index (χ1v) is 6.91. The van der Waals surface area contributed by atoms with Crippen LogP contribution in [0.3, 0.4) is 0 Å². The van der Waals surface area contributed by atoms with Gasteiger partial charge in [0.1, 0.15) is 0 Å². The van der Waals surface area contributed by atoms with Crippen molar-refractivity contribution in [2.45, 2.75) is 4.34 Å². The van der Waals surface area contributed by atoms with Crippen LogP contribution in [0.2, 0.25) is 0 Å². The predicted octanol–water partition coefficient (Wildman–Crippen LogP) is 0.242. The molecule has 0 amide bonds. The molecule has 0 fully saturated rings. The highest BCUT2D eigenvalue weighted by Crippen LogP contribution is 2.22. The SMILES string of the molecule is CS(=O)(=O)c1nnc(-c2cccc[n+]2[O-])s1. The molecule has 0 aliphatic carbocycles. The number of hydrogen-bond donors (Lipinski definition) is 0. The van der Waals surface area contributed by atoms with Crippen LogP contribution in [0.15, 0.2) is 28.7 Å². The highest BCUT2D eigenvalue weighted by molar-refractivity contribution is 7.92. The Morgan fingerprint density at radius 1 is 1.38 bits per heavy atom. The van der Waals surface area contributed by atoms with Gasteiger partial charge in [0.2, 0.25) is 19.2 Å². The fraction of sp³-hybridized carbons (Fsp3) is 0.125. The first-order valence-electron chi connectivity index (χ1n) is 4.20. The van der Waals surface area contributed by atoms with Gasteiger partial charge in [0.05, 0.1) is 0 Å². The van der Waals surface area contributed by atoms with Crippen molar-refractivity contribution in [3.8, 4) is 10.7 Å². The van der Waals surface area contributed by atoms with E-state index in [4.69, 9.17) is 0 Å². The van der Waals surface area contributed by atoms with Gasteiger partial charge in [-0.15, -0.1) is 10.2 Å². The highest BCUT2D eigenvalue weighted by atomic mass is 32.2. The number of nitrogens with zero attached hydrogens (tertiary/aromatic N) is 3. The largest absolute Gasteiger partial charge is 0.618 e. The molecule has 16 heavy (non-hydrogen) atoms. The zero-order chi connectivity index (χ0) is 11.8. The summed E-state index contributed by atoms with van der Waals surface area (Å²) in [5, 5.41) is 18.9. The van der Waals surface area contributed by atoms with Crippen LogP contribution in [0.1, 0.15) is 0 Å². The number of rotatable bonds is 2.